The average molecular weight is 270 g/mol. The maximum absolute atomic E-state index is 5.85. The van der Waals surface area contributed by atoms with E-state index in [1.807, 2.05) is 6.92 Å². The first-order valence-electron chi connectivity index (χ1n) is 5.61. The quantitative estimate of drug-likeness (QED) is 0.775. The predicted molar refractivity (Wildman–Crippen MR) is 74.7 cm³/mol. The number of thioether (sulfide) groups is 1. The summed E-state index contributed by atoms with van der Waals surface area (Å²) in [4.78, 5) is 5.36. The summed E-state index contributed by atoms with van der Waals surface area (Å²) < 4.78 is 0. The third-order valence-electron chi connectivity index (χ3n) is 2.83. The van der Waals surface area contributed by atoms with Crippen LogP contribution < -0.4 is 0 Å². The lowest BCUT2D eigenvalue weighted by Crippen LogP contribution is -2.26. The number of benzene rings is 1. The summed E-state index contributed by atoms with van der Waals surface area (Å²) in [6.07, 6.45) is 0.813. The Balaban J connectivity index is 1.91. The summed E-state index contributed by atoms with van der Waals surface area (Å²) in [5.41, 5.74) is 2.36. The molecule has 1 aliphatic rings. The van der Waals surface area contributed by atoms with Gasteiger partial charge in [0.15, 0.2) is 5.60 Å². The van der Waals surface area contributed by atoms with Crippen molar-refractivity contribution in [2.45, 2.75) is 31.6 Å². The Kier molecular flexibility index (Phi) is 4.00. The number of rotatable bonds is 3. The highest BCUT2D eigenvalue weighted by Crippen LogP contribution is 2.30. The first-order chi connectivity index (χ1) is 8.13. The van der Waals surface area contributed by atoms with Crippen LogP contribution in [0, 0.1) is 6.92 Å². The van der Waals surface area contributed by atoms with E-state index in [4.69, 9.17) is 16.4 Å². The molecule has 0 aliphatic carbocycles. The molecule has 0 saturated carbocycles. The molecule has 1 aliphatic heterocycles. The monoisotopic (exact) mass is 269 g/mol. The lowest BCUT2D eigenvalue weighted by Gasteiger charge is -2.16. The van der Waals surface area contributed by atoms with Gasteiger partial charge < -0.3 is 4.84 Å². The Morgan fingerprint density at radius 1 is 1.47 bits per heavy atom. The van der Waals surface area contributed by atoms with Gasteiger partial charge in [0, 0.05) is 12.2 Å². The van der Waals surface area contributed by atoms with E-state index in [1.54, 1.807) is 11.8 Å². The molecule has 4 heteroatoms. The topological polar surface area (TPSA) is 21.6 Å². The number of alkyl halides is 1. The molecule has 0 bridgehead atoms. The fourth-order valence-corrected chi connectivity index (χ4v) is 2.91. The van der Waals surface area contributed by atoms with Gasteiger partial charge in [-0.3, -0.25) is 0 Å². The molecular formula is C13H16ClNOS. The molecule has 17 heavy (non-hydrogen) atoms. The summed E-state index contributed by atoms with van der Waals surface area (Å²) in [7, 11) is 0. The van der Waals surface area contributed by atoms with Crippen molar-refractivity contribution in [1.82, 2.24) is 0 Å². The van der Waals surface area contributed by atoms with Crippen molar-refractivity contribution in [3.05, 3.63) is 35.4 Å². The Morgan fingerprint density at radius 2 is 2.24 bits per heavy atom. The van der Waals surface area contributed by atoms with E-state index in [0.29, 0.717) is 5.88 Å². The Hall–Kier alpha value is -0.670. The molecule has 0 amide bonds. The molecule has 0 N–H and O–H groups in total. The minimum absolute atomic E-state index is 0.310. The van der Waals surface area contributed by atoms with Gasteiger partial charge in [-0.2, -0.15) is 0 Å². The third-order valence-corrected chi connectivity index (χ3v) is 4.40. The van der Waals surface area contributed by atoms with Gasteiger partial charge in [-0.1, -0.05) is 29.4 Å². The molecule has 1 aromatic rings. The molecule has 0 saturated heterocycles. The van der Waals surface area contributed by atoms with Gasteiger partial charge in [0.25, 0.3) is 0 Å². The zero-order chi connectivity index (χ0) is 12.3. The van der Waals surface area contributed by atoms with Crippen LogP contribution in [-0.2, 0) is 10.6 Å². The molecule has 1 unspecified atom stereocenters. The number of hydrogen-bond acceptors (Lipinski definition) is 3. The lowest BCUT2D eigenvalue weighted by molar-refractivity contribution is 0.0152. The zero-order valence-corrected chi connectivity index (χ0v) is 11.6. The van der Waals surface area contributed by atoms with Crippen molar-refractivity contribution >= 4 is 28.4 Å². The fraction of sp³-hybridized carbons (Fsp3) is 0.462. The van der Waals surface area contributed by atoms with E-state index in [2.05, 4.69) is 36.3 Å². The number of hydrogen-bond donors (Lipinski definition) is 0. The smallest absolute Gasteiger partial charge is 0.154 e. The molecule has 0 spiro atoms. The average Bonchev–Trinajstić information content (AvgIpc) is 2.71. The van der Waals surface area contributed by atoms with E-state index in [1.165, 1.54) is 11.1 Å². The van der Waals surface area contributed by atoms with Crippen LogP contribution >= 0.6 is 23.4 Å². The van der Waals surface area contributed by atoms with Gasteiger partial charge >= 0.3 is 0 Å². The van der Waals surface area contributed by atoms with Crippen LogP contribution in [0.5, 0.6) is 0 Å². The van der Waals surface area contributed by atoms with E-state index in [0.717, 1.165) is 17.2 Å². The highest BCUT2D eigenvalue weighted by atomic mass is 35.5. The van der Waals surface area contributed by atoms with E-state index in [9.17, 15) is 0 Å². The first-order valence-corrected chi connectivity index (χ1v) is 7.13. The largest absolute Gasteiger partial charge is 0.387 e. The minimum Gasteiger partial charge on any atom is -0.387 e. The molecule has 92 valence electrons. The van der Waals surface area contributed by atoms with Crippen LogP contribution in [0.2, 0.25) is 0 Å². The molecule has 2 rings (SSSR count). The van der Waals surface area contributed by atoms with Gasteiger partial charge in [-0.15, -0.1) is 23.4 Å². The summed E-state index contributed by atoms with van der Waals surface area (Å²) in [6, 6.07) is 8.41. The van der Waals surface area contributed by atoms with Crippen molar-refractivity contribution in [3.63, 3.8) is 0 Å². The Labute approximate surface area is 111 Å². The minimum atomic E-state index is -0.310. The maximum Gasteiger partial charge on any atom is 0.154 e. The molecule has 2 nitrogen and oxygen atoms in total. The number of nitrogens with zero attached hydrogens (tertiary/aromatic N) is 1. The number of aryl methyl sites for hydroxylation is 1. The van der Waals surface area contributed by atoms with Crippen molar-refractivity contribution in [2.75, 3.05) is 5.88 Å². The number of oxime groups is 1. The highest BCUT2D eigenvalue weighted by molar-refractivity contribution is 8.13. The van der Waals surface area contributed by atoms with Crippen LogP contribution in [-0.4, -0.2) is 16.5 Å². The molecule has 0 fully saturated rings. The second-order valence-electron chi connectivity index (χ2n) is 4.55. The van der Waals surface area contributed by atoms with Gasteiger partial charge in [0.05, 0.1) is 5.88 Å². The fourth-order valence-electron chi connectivity index (χ4n) is 1.63. The van der Waals surface area contributed by atoms with Crippen LogP contribution in [0.1, 0.15) is 24.5 Å². The van der Waals surface area contributed by atoms with Gasteiger partial charge in [0.1, 0.15) is 5.04 Å². The van der Waals surface area contributed by atoms with Crippen LogP contribution in [0.4, 0.5) is 0 Å². The first kappa shape index (κ1) is 12.8. The highest BCUT2D eigenvalue weighted by Gasteiger charge is 2.33. The van der Waals surface area contributed by atoms with Crippen LogP contribution in [0.25, 0.3) is 0 Å². The molecular weight excluding hydrogens is 254 g/mol. The Morgan fingerprint density at radius 3 is 2.88 bits per heavy atom. The van der Waals surface area contributed by atoms with E-state index < -0.39 is 0 Å². The van der Waals surface area contributed by atoms with Crippen molar-refractivity contribution in [2.24, 2.45) is 5.16 Å². The normalized spacial score (nSPS) is 23.4. The van der Waals surface area contributed by atoms with Gasteiger partial charge in [-0.05, 0) is 25.0 Å². The molecule has 1 aromatic carbocycles. The van der Waals surface area contributed by atoms with Crippen molar-refractivity contribution < 1.29 is 4.84 Å². The summed E-state index contributed by atoms with van der Waals surface area (Å²) >= 11 is 7.58. The third kappa shape index (κ3) is 3.17. The summed E-state index contributed by atoms with van der Waals surface area (Å²) in [5, 5.41) is 5.14. The van der Waals surface area contributed by atoms with E-state index >= 15 is 0 Å². The molecule has 0 radical (unpaired) electrons. The van der Waals surface area contributed by atoms with Gasteiger partial charge in [-0.25, -0.2) is 0 Å². The van der Waals surface area contributed by atoms with Crippen molar-refractivity contribution in [1.29, 1.82) is 0 Å². The summed E-state index contributed by atoms with van der Waals surface area (Å²) in [5.74, 6) is 1.41. The lowest BCUT2D eigenvalue weighted by atomic mass is 10.1. The van der Waals surface area contributed by atoms with Gasteiger partial charge in [0.2, 0.25) is 0 Å². The maximum atomic E-state index is 5.85. The molecule has 1 atom stereocenters. The second-order valence-corrected chi connectivity index (χ2v) is 5.87. The SMILES string of the molecule is Cc1ccccc1CSC1=NOC(C)(CCl)C1. The standard InChI is InChI=1S/C13H16ClNOS/c1-10-5-3-4-6-11(10)8-17-12-7-13(2,9-14)16-15-12/h3-6H,7-9H2,1-2H3. The second kappa shape index (κ2) is 5.32. The molecule has 1 heterocycles. The summed E-state index contributed by atoms with van der Waals surface area (Å²) in [6.45, 7) is 4.12. The van der Waals surface area contributed by atoms with Crippen molar-refractivity contribution in [3.8, 4) is 0 Å². The Bertz CT molecular complexity index is 435. The molecule has 0 aromatic heterocycles. The number of halogens is 1. The van der Waals surface area contributed by atoms with E-state index in [-0.39, 0.29) is 5.60 Å². The van der Waals surface area contributed by atoms with Crippen LogP contribution in [0.15, 0.2) is 29.4 Å². The zero-order valence-electron chi connectivity index (χ0n) is 10.1. The van der Waals surface area contributed by atoms with Crippen LogP contribution in [0.3, 0.4) is 0 Å². The predicted octanol–water partition coefficient (Wildman–Crippen LogP) is 3.96.